The van der Waals surface area contributed by atoms with Crippen LogP contribution in [0.2, 0.25) is 5.02 Å². The van der Waals surface area contributed by atoms with Crippen LogP contribution in [0.1, 0.15) is 10.4 Å². The van der Waals surface area contributed by atoms with Crippen molar-refractivity contribution in [2.45, 2.75) is 4.90 Å². The first-order valence-electron chi connectivity index (χ1n) is 12.2. The van der Waals surface area contributed by atoms with E-state index in [-0.39, 0.29) is 18.3 Å². The molecule has 0 atom stereocenters. The smallest absolute Gasteiger partial charge is 0.258 e. The Labute approximate surface area is 245 Å². The zero-order chi connectivity index (χ0) is 26.2. The van der Waals surface area contributed by atoms with Gasteiger partial charge >= 0.3 is 0 Å². The molecule has 0 fully saturated rings. The summed E-state index contributed by atoms with van der Waals surface area (Å²) in [5.74, 6) is -0.138. The average molecular weight is 588 g/mol. The van der Waals surface area contributed by atoms with Gasteiger partial charge in [-0.1, -0.05) is 96.2 Å². The van der Waals surface area contributed by atoms with Crippen LogP contribution in [0.25, 0.3) is 0 Å². The van der Waals surface area contributed by atoms with Crippen LogP contribution >= 0.6 is 43.0 Å². The van der Waals surface area contributed by atoms with Crippen LogP contribution in [-0.4, -0.2) is 5.91 Å². The second-order valence-corrected chi connectivity index (χ2v) is 13.3. The predicted molar refractivity (Wildman–Crippen MR) is 172 cm³/mol. The van der Waals surface area contributed by atoms with Gasteiger partial charge < -0.3 is 0 Å². The molecule has 0 aliphatic rings. The van der Waals surface area contributed by atoms with Crippen molar-refractivity contribution in [3.63, 3.8) is 0 Å². The van der Waals surface area contributed by atoms with Gasteiger partial charge in [0.2, 0.25) is 0 Å². The molecule has 0 aliphatic carbocycles. The maximum absolute atomic E-state index is 13.7. The molecule has 5 aromatic rings. The lowest BCUT2D eigenvalue weighted by atomic mass is 10.2. The summed E-state index contributed by atoms with van der Waals surface area (Å²) in [7, 11) is -2.50. The lowest BCUT2D eigenvalue weighted by Gasteiger charge is -2.29. The zero-order valence-electron chi connectivity index (χ0n) is 21.0. The molecule has 0 bridgehead atoms. The van der Waals surface area contributed by atoms with Crippen molar-refractivity contribution in [1.29, 1.82) is 0 Å². The number of thioether (sulfide) groups is 1. The van der Waals surface area contributed by atoms with Crippen molar-refractivity contribution in [1.82, 2.24) is 5.32 Å². The minimum Gasteiger partial charge on any atom is -0.291 e. The van der Waals surface area contributed by atoms with Crippen molar-refractivity contribution in [2.24, 2.45) is 0 Å². The molecule has 6 heteroatoms. The van der Waals surface area contributed by atoms with Crippen molar-refractivity contribution in [3.8, 4) is 0 Å². The van der Waals surface area contributed by atoms with Crippen LogP contribution in [-0.2, 0) is 0 Å². The largest absolute Gasteiger partial charge is 0.291 e. The molecular weight excluding hydrogens is 560 g/mol. The van der Waals surface area contributed by atoms with Gasteiger partial charge in [0.05, 0.1) is 0 Å². The number of rotatable bonds is 8. The normalized spacial score (nSPS) is 11.4. The number of nitrogens with one attached hydrogen (secondary N) is 1. The molecule has 0 saturated carbocycles. The van der Waals surface area contributed by atoms with Crippen LogP contribution in [0.15, 0.2) is 161 Å². The fraction of sp³-hybridized carbons (Fsp3) is 0. The summed E-state index contributed by atoms with van der Waals surface area (Å²) in [6.45, 7) is 0. The van der Waals surface area contributed by atoms with E-state index in [1.807, 2.05) is 72.8 Å². The Kier molecular flexibility index (Phi) is 10.0. The third kappa shape index (κ3) is 6.46. The zero-order valence-corrected chi connectivity index (χ0v) is 24.3. The number of amides is 1. The van der Waals surface area contributed by atoms with E-state index in [4.69, 9.17) is 11.6 Å². The molecule has 0 heterocycles. The van der Waals surface area contributed by atoms with E-state index < -0.39 is 7.26 Å². The van der Waals surface area contributed by atoms with Crippen LogP contribution in [0.5, 0.6) is 0 Å². The van der Waals surface area contributed by atoms with Gasteiger partial charge in [0.15, 0.2) is 12.7 Å². The Morgan fingerprint density at radius 3 is 1.46 bits per heavy atom. The molecular formula is C33H27Cl2NOPS+. The van der Waals surface area contributed by atoms with Crippen molar-refractivity contribution in [2.75, 3.05) is 0 Å². The summed E-state index contributed by atoms with van der Waals surface area (Å²) in [6, 6.07) is 48.6. The van der Waals surface area contributed by atoms with Crippen LogP contribution in [0.4, 0.5) is 0 Å². The van der Waals surface area contributed by atoms with E-state index in [1.165, 1.54) is 0 Å². The Morgan fingerprint density at radius 1 is 0.615 bits per heavy atom. The van der Waals surface area contributed by atoms with E-state index in [2.05, 4.69) is 83.5 Å². The lowest BCUT2D eigenvalue weighted by Crippen LogP contribution is -2.38. The Balaban J connectivity index is 0.00000353. The van der Waals surface area contributed by atoms with Crippen LogP contribution in [0, 0.1) is 0 Å². The van der Waals surface area contributed by atoms with E-state index in [0.29, 0.717) is 10.6 Å². The molecule has 2 nitrogen and oxygen atoms in total. The summed E-state index contributed by atoms with van der Waals surface area (Å²) in [5.41, 5.74) is 1.48. The van der Waals surface area contributed by atoms with E-state index in [1.54, 1.807) is 11.8 Å². The molecule has 0 aliphatic heterocycles. The fourth-order valence-electron chi connectivity index (χ4n) is 4.43. The molecule has 0 spiro atoms. The third-order valence-corrected chi connectivity index (χ3v) is 11.7. The van der Waals surface area contributed by atoms with E-state index in [9.17, 15) is 4.79 Å². The van der Waals surface area contributed by atoms with Gasteiger partial charge in [-0.2, -0.15) is 0 Å². The highest BCUT2D eigenvalue weighted by Crippen LogP contribution is 2.62. The summed E-state index contributed by atoms with van der Waals surface area (Å²) in [6.07, 6.45) is 0. The highest BCUT2D eigenvalue weighted by atomic mass is 35.5. The van der Waals surface area contributed by atoms with E-state index >= 15 is 0 Å². The van der Waals surface area contributed by atoms with Crippen molar-refractivity contribution < 1.29 is 4.79 Å². The minimum atomic E-state index is -2.50. The average Bonchev–Trinajstić information content (AvgIpc) is 2.99. The molecule has 39 heavy (non-hydrogen) atoms. The summed E-state index contributed by atoms with van der Waals surface area (Å²) >= 11 is 7.73. The van der Waals surface area contributed by atoms with Gasteiger partial charge in [-0.05, 0) is 72.8 Å². The second-order valence-electron chi connectivity index (χ2n) is 8.57. The minimum absolute atomic E-state index is 0. The summed E-state index contributed by atoms with van der Waals surface area (Å²) in [5, 5.41) is 9.65. The van der Waals surface area contributed by atoms with Gasteiger partial charge in [-0.25, -0.2) is 0 Å². The first kappa shape index (κ1) is 28.7. The molecule has 5 rings (SSSR count). The molecule has 1 amide bonds. The maximum Gasteiger partial charge on any atom is 0.258 e. The third-order valence-electron chi connectivity index (χ3n) is 6.19. The first-order valence-corrected chi connectivity index (χ1v) is 15.3. The maximum atomic E-state index is 13.7. The van der Waals surface area contributed by atoms with E-state index in [0.717, 1.165) is 26.2 Å². The number of benzene rings is 5. The number of hydrogen-bond donors (Lipinski definition) is 1. The van der Waals surface area contributed by atoms with Gasteiger partial charge in [-0.15, -0.1) is 12.4 Å². The van der Waals surface area contributed by atoms with Gasteiger partial charge in [-0.3, -0.25) is 10.1 Å². The number of hydrogen-bond acceptors (Lipinski definition) is 2. The number of halogens is 2. The predicted octanol–water partition coefficient (Wildman–Crippen LogP) is 8.08. The van der Waals surface area contributed by atoms with Gasteiger partial charge in [0, 0.05) is 20.9 Å². The van der Waals surface area contributed by atoms with Crippen LogP contribution < -0.4 is 21.2 Å². The molecule has 0 unspecified atom stereocenters. The van der Waals surface area contributed by atoms with Crippen LogP contribution in [0.3, 0.4) is 0 Å². The highest BCUT2D eigenvalue weighted by molar-refractivity contribution is 8.04. The summed E-state index contributed by atoms with van der Waals surface area (Å²) in [4.78, 5) is 14.7. The number of carbonyl (C=O) groups excluding carboxylic acids is 1. The standard InChI is InChI=1S/C33H25ClNOPS.ClH/c34-27-21-23-31(24-22-27)38-25-32(35-33(36)26-13-5-1-6-14-26)37(28-15-7-2-8-16-28,29-17-9-3-10-18-29)30-19-11-4-12-20-30;/h1-25H;1H/p+1/b32-25+;. The summed E-state index contributed by atoms with van der Waals surface area (Å²) < 4.78 is 0. The molecule has 0 aromatic heterocycles. The highest BCUT2D eigenvalue weighted by Gasteiger charge is 2.50. The Hall–Kier alpha value is -3.33. The second kappa shape index (κ2) is 13.6. The van der Waals surface area contributed by atoms with Crippen molar-refractivity contribution >= 4 is 64.9 Å². The SMILES string of the molecule is Cl.O=C(N/C(=C\Sc1ccc(Cl)cc1)[P+](c1ccccc1)(c1ccccc1)c1ccccc1)c1ccccc1. The molecule has 0 radical (unpaired) electrons. The fourth-order valence-corrected chi connectivity index (χ4v) is 9.80. The van der Waals surface area contributed by atoms with Gasteiger partial charge in [0.25, 0.3) is 5.91 Å². The lowest BCUT2D eigenvalue weighted by molar-refractivity contribution is 0.0968. The molecule has 5 aromatic carbocycles. The number of carbonyl (C=O) groups is 1. The monoisotopic (exact) mass is 586 g/mol. The quantitative estimate of drug-likeness (QED) is 0.147. The van der Waals surface area contributed by atoms with Gasteiger partial charge in [0.1, 0.15) is 15.9 Å². The molecule has 1 N–H and O–H groups in total. The topological polar surface area (TPSA) is 29.1 Å². The first-order chi connectivity index (χ1) is 18.7. The Bertz CT molecular complexity index is 1420. The molecule has 0 saturated heterocycles. The molecule has 194 valence electrons. The Morgan fingerprint density at radius 2 is 1.03 bits per heavy atom. The van der Waals surface area contributed by atoms with Crippen molar-refractivity contribution in [3.05, 3.63) is 167 Å².